The van der Waals surface area contributed by atoms with Gasteiger partial charge in [-0.15, -0.1) is 0 Å². The lowest BCUT2D eigenvalue weighted by Gasteiger charge is -2.52. The lowest BCUT2D eigenvalue weighted by atomic mass is 9.73. The van der Waals surface area contributed by atoms with Crippen LogP contribution in [0.25, 0.3) is 5.57 Å². The molecule has 4 nitrogen and oxygen atoms in total. The molecule has 1 aromatic rings. The highest BCUT2D eigenvalue weighted by molar-refractivity contribution is 5.84. The number of likely N-dealkylation sites (tertiary alicyclic amines) is 1. The topological polar surface area (TPSA) is 64.3 Å². The summed E-state index contributed by atoms with van der Waals surface area (Å²) in [5.74, 6) is 0.0263. The number of rotatable bonds is 4. The first-order chi connectivity index (χ1) is 11.8. The molecule has 1 amide bonds. The number of amides is 1. The third kappa shape index (κ3) is 2.35. The van der Waals surface area contributed by atoms with Crippen molar-refractivity contribution in [3.8, 4) is 6.07 Å². The molecule has 3 aliphatic rings. The number of nitrogens with zero attached hydrogens (tertiary/aromatic N) is 2. The van der Waals surface area contributed by atoms with E-state index in [1.807, 2.05) is 12.1 Å². The molecule has 0 unspecified atom stereocenters. The van der Waals surface area contributed by atoms with Gasteiger partial charge in [0.25, 0.3) is 0 Å². The molecule has 24 heavy (non-hydrogen) atoms. The molecule has 1 saturated heterocycles. The Hall–Kier alpha value is -2.12. The summed E-state index contributed by atoms with van der Waals surface area (Å²) >= 11 is 0. The molecule has 1 aromatic carbocycles. The van der Waals surface area contributed by atoms with Crippen molar-refractivity contribution < 1.29 is 9.90 Å². The standard InChI is InChI=1S/C20H22N2O2/c21-11-17-19(18(12-23)22(17)20(24)14-9-10-14)16-8-4-3-7-15(16)13-5-1-2-6-13/h3-5,7-8,14,17-19,23H,1-2,6,9-10,12H2/t17-,18+,19-/m1/s1. The van der Waals surface area contributed by atoms with Crippen LogP contribution in [0.5, 0.6) is 0 Å². The minimum Gasteiger partial charge on any atom is -0.394 e. The Morgan fingerprint density at radius 2 is 2.12 bits per heavy atom. The van der Waals surface area contributed by atoms with Crippen molar-refractivity contribution in [1.29, 1.82) is 5.26 Å². The van der Waals surface area contributed by atoms with E-state index in [4.69, 9.17) is 0 Å². The normalized spacial score (nSPS) is 28.9. The number of aliphatic hydroxyl groups excluding tert-OH is 1. The average Bonchev–Trinajstić information content (AvgIpc) is 3.30. The number of carbonyl (C=O) groups excluding carboxylic acids is 1. The molecule has 3 atom stereocenters. The Bertz CT molecular complexity index is 729. The Balaban J connectivity index is 1.68. The number of allylic oxidation sites excluding steroid dienone is 2. The second-order valence-corrected chi connectivity index (χ2v) is 7.08. The summed E-state index contributed by atoms with van der Waals surface area (Å²) in [4.78, 5) is 14.1. The van der Waals surface area contributed by atoms with Crippen molar-refractivity contribution in [1.82, 2.24) is 4.90 Å². The molecule has 2 aliphatic carbocycles. The number of hydrogen-bond acceptors (Lipinski definition) is 3. The maximum Gasteiger partial charge on any atom is 0.227 e. The summed E-state index contributed by atoms with van der Waals surface area (Å²) in [5, 5.41) is 19.6. The van der Waals surface area contributed by atoms with E-state index in [-0.39, 0.29) is 30.4 Å². The monoisotopic (exact) mass is 322 g/mol. The van der Waals surface area contributed by atoms with Crippen LogP contribution in [0.3, 0.4) is 0 Å². The molecule has 0 radical (unpaired) electrons. The van der Waals surface area contributed by atoms with Crippen LogP contribution in [-0.2, 0) is 4.79 Å². The first-order valence-electron chi connectivity index (χ1n) is 8.87. The highest BCUT2D eigenvalue weighted by atomic mass is 16.3. The van der Waals surface area contributed by atoms with E-state index in [0.29, 0.717) is 0 Å². The molecule has 2 fully saturated rings. The maximum atomic E-state index is 12.5. The fourth-order valence-electron chi connectivity index (χ4n) is 4.22. The predicted octanol–water partition coefficient (Wildman–Crippen LogP) is 2.84. The van der Waals surface area contributed by atoms with Gasteiger partial charge in [0.05, 0.1) is 18.7 Å². The van der Waals surface area contributed by atoms with Crippen LogP contribution in [0, 0.1) is 17.2 Å². The van der Waals surface area contributed by atoms with Gasteiger partial charge in [-0.3, -0.25) is 4.79 Å². The molecule has 1 N–H and O–H groups in total. The van der Waals surface area contributed by atoms with Gasteiger partial charge in [0.2, 0.25) is 5.91 Å². The van der Waals surface area contributed by atoms with Gasteiger partial charge in [0.15, 0.2) is 0 Å². The number of benzene rings is 1. The second kappa shape index (κ2) is 6.07. The van der Waals surface area contributed by atoms with E-state index in [1.54, 1.807) is 4.90 Å². The third-order valence-corrected chi connectivity index (χ3v) is 5.62. The Kier molecular flexibility index (Phi) is 3.90. The quantitative estimate of drug-likeness (QED) is 0.927. The van der Waals surface area contributed by atoms with Crippen molar-refractivity contribution in [3.63, 3.8) is 0 Å². The summed E-state index contributed by atoms with van der Waals surface area (Å²) < 4.78 is 0. The predicted molar refractivity (Wildman–Crippen MR) is 90.9 cm³/mol. The van der Waals surface area contributed by atoms with Crippen molar-refractivity contribution in [2.24, 2.45) is 5.92 Å². The molecular weight excluding hydrogens is 300 g/mol. The van der Waals surface area contributed by atoms with Gasteiger partial charge in [-0.1, -0.05) is 30.3 Å². The van der Waals surface area contributed by atoms with Crippen LogP contribution in [-0.4, -0.2) is 34.6 Å². The van der Waals surface area contributed by atoms with E-state index in [0.717, 1.165) is 31.2 Å². The van der Waals surface area contributed by atoms with Crippen molar-refractivity contribution in [3.05, 3.63) is 41.5 Å². The number of carbonyl (C=O) groups is 1. The van der Waals surface area contributed by atoms with Gasteiger partial charge in [-0.25, -0.2) is 0 Å². The lowest BCUT2D eigenvalue weighted by molar-refractivity contribution is -0.148. The molecule has 124 valence electrons. The Labute approximate surface area is 142 Å². The zero-order valence-corrected chi connectivity index (χ0v) is 13.7. The largest absolute Gasteiger partial charge is 0.394 e. The van der Waals surface area contributed by atoms with Crippen LogP contribution in [0.2, 0.25) is 0 Å². The van der Waals surface area contributed by atoms with Crippen LogP contribution in [0.15, 0.2) is 30.3 Å². The Morgan fingerprint density at radius 3 is 2.75 bits per heavy atom. The summed E-state index contributed by atoms with van der Waals surface area (Å²) in [6.45, 7) is -0.0886. The van der Waals surface area contributed by atoms with Crippen molar-refractivity contribution >= 4 is 11.5 Å². The number of hydrogen-bond donors (Lipinski definition) is 1. The molecule has 0 spiro atoms. The zero-order valence-electron chi connectivity index (χ0n) is 13.7. The number of nitriles is 1. The summed E-state index contributed by atoms with van der Waals surface area (Å²) in [7, 11) is 0. The minimum atomic E-state index is -0.460. The molecule has 4 rings (SSSR count). The fourth-order valence-corrected chi connectivity index (χ4v) is 4.22. The summed E-state index contributed by atoms with van der Waals surface area (Å²) in [6.07, 6.45) is 7.45. The third-order valence-electron chi connectivity index (χ3n) is 5.62. The fraction of sp³-hybridized carbons (Fsp3) is 0.500. The molecule has 1 aliphatic heterocycles. The van der Waals surface area contributed by atoms with E-state index in [2.05, 4.69) is 24.3 Å². The van der Waals surface area contributed by atoms with Crippen molar-refractivity contribution in [2.75, 3.05) is 6.61 Å². The molecule has 1 saturated carbocycles. The summed E-state index contributed by atoms with van der Waals surface area (Å²) in [6, 6.07) is 9.78. The second-order valence-electron chi connectivity index (χ2n) is 7.08. The van der Waals surface area contributed by atoms with Gasteiger partial charge in [0.1, 0.15) is 6.04 Å². The van der Waals surface area contributed by atoms with E-state index in [9.17, 15) is 15.2 Å². The highest BCUT2D eigenvalue weighted by Gasteiger charge is 2.54. The van der Waals surface area contributed by atoms with E-state index < -0.39 is 6.04 Å². The number of aliphatic hydroxyl groups is 1. The first kappa shape index (κ1) is 15.4. The first-order valence-corrected chi connectivity index (χ1v) is 8.87. The summed E-state index contributed by atoms with van der Waals surface area (Å²) in [5.41, 5.74) is 3.64. The molecule has 0 aromatic heterocycles. The maximum absolute atomic E-state index is 12.5. The van der Waals surface area contributed by atoms with Gasteiger partial charge in [-0.2, -0.15) is 5.26 Å². The molecule has 1 heterocycles. The van der Waals surface area contributed by atoms with Gasteiger partial charge < -0.3 is 10.0 Å². The van der Waals surface area contributed by atoms with Crippen LogP contribution in [0.4, 0.5) is 0 Å². The minimum absolute atomic E-state index is 0.0504. The van der Waals surface area contributed by atoms with Gasteiger partial charge in [0, 0.05) is 11.8 Å². The van der Waals surface area contributed by atoms with Gasteiger partial charge >= 0.3 is 0 Å². The van der Waals surface area contributed by atoms with E-state index in [1.165, 1.54) is 17.6 Å². The zero-order chi connectivity index (χ0) is 16.7. The SMILES string of the molecule is N#C[C@@H]1[C@@H](c2ccccc2C2=CCCC2)[C@H](CO)N1C(=O)C1CC1. The van der Waals surface area contributed by atoms with Crippen LogP contribution < -0.4 is 0 Å². The lowest BCUT2D eigenvalue weighted by Crippen LogP contribution is -2.65. The molecular formula is C20H22N2O2. The average molecular weight is 322 g/mol. The smallest absolute Gasteiger partial charge is 0.227 e. The van der Waals surface area contributed by atoms with E-state index >= 15 is 0 Å². The Morgan fingerprint density at radius 1 is 1.33 bits per heavy atom. The molecule has 4 heteroatoms. The molecule has 0 bridgehead atoms. The highest BCUT2D eigenvalue weighted by Crippen LogP contribution is 2.46. The van der Waals surface area contributed by atoms with Crippen LogP contribution >= 0.6 is 0 Å². The van der Waals surface area contributed by atoms with Gasteiger partial charge in [-0.05, 0) is 48.8 Å². The van der Waals surface area contributed by atoms with Crippen molar-refractivity contribution in [2.45, 2.75) is 50.1 Å². The van der Waals surface area contributed by atoms with Crippen LogP contribution in [0.1, 0.15) is 49.1 Å².